The number of halogens is 5. The standard InChI is InChI=1S/C19H16F3I2N3O2S/c20-19(21,22)11-1-4-16(27-5-7-29-8-6-27)15(9-11)25-18(30)26-17(28)13-10-12(23)2-3-14(13)24/h1-4,9-10H,5-8H2,(H2,25,26,28,30). The summed E-state index contributed by atoms with van der Waals surface area (Å²) in [5, 5.41) is 5.24. The van der Waals surface area contributed by atoms with Crippen LogP contribution in [0.1, 0.15) is 15.9 Å². The predicted octanol–water partition coefficient (Wildman–Crippen LogP) is 4.88. The summed E-state index contributed by atoms with van der Waals surface area (Å²) in [5.41, 5.74) is 0.369. The Morgan fingerprint density at radius 1 is 1.10 bits per heavy atom. The molecule has 0 aliphatic carbocycles. The molecule has 0 saturated carbocycles. The van der Waals surface area contributed by atoms with Gasteiger partial charge in [0.05, 0.1) is 35.7 Å². The lowest BCUT2D eigenvalue weighted by atomic mass is 10.1. The minimum atomic E-state index is -4.50. The molecule has 1 aliphatic heterocycles. The first-order valence-electron chi connectivity index (χ1n) is 8.76. The quantitative estimate of drug-likeness (QED) is 0.363. The van der Waals surface area contributed by atoms with Crippen LogP contribution >= 0.6 is 57.4 Å². The molecular formula is C19H16F3I2N3O2S. The van der Waals surface area contributed by atoms with E-state index in [-0.39, 0.29) is 10.8 Å². The van der Waals surface area contributed by atoms with Crippen molar-refractivity contribution in [2.45, 2.75) is 6.18 Å². The number of anilines is 2. The molecule has 1 fully saturated rings. The van der Waals surface area contributed by atoms with Gasteiger partial charge in [-0.2, -0.15) is 13.2 Å². The van der Waals surface area contributed by atoms with E-state index in [0.29, 0.717) is 37.6 Å². The van der Waals surface area contributed by atoms with Crippen LogP contribution in [0.2, 0.25) is 0 Å². The van der Waals surface area contributed by atoms with Gasteiger partial charge >= 0.3 is 6.18 Å². The molecule has 5 nitrogen and oxygen atoms in total. The maximum absolute atomic E-state index is 13.2. The van der Waals surface area contributed by atoms with E-state index in [9.17, 15) is 18.0 Å². The number of carbonyl (C=O) groups excluding carboxylic acids is 1. The molecule has 0 radical (unpaired) electrons. The van der Waals surface area contributed by atoms with Crippen LogP contribution in [-0.2, 0) is 10.9 Å². The van der Waals surface area contributed by atoms with Crippen LogP contribution < -0.4 is 15.5 Å². The Balaban J connectivity index is 1.83. The lowest BCUT2D eigenvalue weighted by Crippen LogP contribution is -2.38. The van der Waals surface area contributed by atoms with Crippen molar-refractivity contribution in [2.75, 3.05) is 36.5 Å². The first-order valence-corrected chi connectivity index (χ1v) is 11.3. The predicted molar refractivity (Wildman–Crippen MR) is 130 cm³/mol. The van der Waals surface area contributed by atoms with E-state index in [1.54, 1.807) is 12.1 Å². The molecule has 11 heteroatoms. The number of alkyl halides is 3. The summed E-state index contributed by atoms with van der Waals surface area (Å²) in [7, 11) is 0. The maximum Gasteiger partial charge on any atom is 0.416 e. The second-order valence-corrected chi connectivity index (χ2v) is 9.18. The van der Waals surface area contributed by atoms with Gasteiger partial charge in [-0.1, -0.05) is 0 Å². The molecule has 0 unspecified atom stereocenters. The smallest absolute Gasteiger partial charge is 0.378 e. The van der Waals surface area contributed by atoms with E-state index < -0.39 is 17.6 Å². The molecule has 0 spiro atoms. The Morgan fingerprint density at radius 2 is 1.80 bits per heavy atom. The highest BCUT2D eigenvalue weighted by Gasteiger charge is 2.32. The van der Waals surface area contributed by atoms with Gasteiger partial charge in [0, 0.05) is 20.2 Å². The Morgan fingerprint density at radius 3 is 2.47 bits per heavy atom. The van der Waals surface area contributed by atoms with E-state index in [1.165, 1.54) is 6.07 Å². The van der Waals surface area contributed by atoms with Gasteiger partial charge in [-0.3, -0.25) is 10.1 Å². The lowest BCUT2D eigenvalue weighted by molar-refractivity contribution is -0.137. The molecule has 160 valence electrons. The van der Waals surface area contributed by atoms with Crippen LogP contribution in [0.25, 0.3) is 0 Å². The molecule has 1 saturated heterocycles. The minimum absolute atomic E-state index is 0.0801. The number of morpholine rings is 1. The van der Waals surface area contributed by atoms with Crippen LogP contribution in [0.4, 0.5) is 24.5 Å². The first kappa shape index (κ1) is 23.5. The average Bonchev–Trinajstić information content (AvgIpc) is 2.69. The molecule has 0 atom stereocenters. The van der Waals surface area contributed by atoms with Crippen molar-refractivity contribution in [1.82, 2.24) is 5.32 Å². The van der Waals surface area contributed by atoms with Crippen molar-refractivity contribution in [3.8, 4) is 0 Å². The van der Waals surface area contributed by atoms with Crippen LogP contribution in [0.5, 0.6) is 0 Å². The van der Waals surface area contributed by atoms with E-state index >= 15 is 0 Å². The molecule has 1 heterocycles. The maximum atomic E-state index is 13.2. The van der Waals surface area contributed by atoms with Gasteiger partial charge in [-0.15, -0.1) is 0 Å². The van der Waals surface area contributed by atoms with E-state index in [1.807, 2.05) is 33.6 Å². The summed E-state index contributed by atoms with van der Waals surface area (Å²) in [4.78, 5) is 14.5. The number of nitrogens with zero attached hydrogens (tertiary/aromatic N) is 1. The molecule has 0 aromatic heterocycles. The van der Waals surface area contributed by atoms with E-state index in [0.717, 1.165) is 19.3 Å². The fourth-order valence-corrected chi connectivity index (χ4v) is 4.16. The van der Waals surface area contributed by atoms with Gasteiger partial charge in [-0.25, -0.2) is 0 Å². The van der Waals surface area contributed by atoms with Crippen LogP contribution in [-0.4, -0.2) is 37.3 Å². The second-order valence-electron chi connectivity index (χ2n) is 6.36. The van der Waals surface area contributed by atoms with Gasteiger partial charge < -0.3 is 15.0 Å². The monoisotopic (exact) mass is 661 g/mol. The molecule has 30 heavy (non-hydrogen) atoms. The molecule has 1 aliphatic rings. The van der Waals surface area contributed by atoms with Crippen molar-refractivity contribution in [2.24, 2.45) is 0 Å². The van der Waals surface area contributed by atoms with Crippen molar-refractivity contribution >= 4 is 79.8 Å². The highest BCUT2D eigenvalue weighted by Crippen LogP contribution is 2.35. The lowest BCUT2D eigenvalue weighted by Gasteiger charge is -2.31. The number of amides is 1. The number of hydrogen-bond acceptors (Lipinski definition) is 4. The first-order chi connectivity index (χ1) is 14.1. The van der Waals surface area contributed by atoms with E-state index in [2.05, 4.69) is 33.2 Å². The van der Waals surface area contributed by atoms with Gasteiger partial charge in [-0.05, 0) is 93.8 Å². The molecule has 2 aromatic rings. The average molecular weight is 661 g/mol. The Kier molecular flexibility index (Phi) is 7.79. The van der Waals surface area contributed by atoms with Gasteiger partial charge in [0.15, 0.2) is 5.11 Å². The Hall–Kier alpha value is -1.19. The molecule has 1 amide bonds. The topological polar surface area (TPSA) is 53.6 Å². The molecule has 0 bridgehead atoms. The van der Waals surface area contributed by atoms with Crippen LogP contribution in [0.3, 0.4) is 0 Å². The number of carbonyl (C=O) groups is 1. The van der Waals surface area contributed by atoms with Gasteiger partial charge in [0.2, 0.25) is 0 Å². The third-order valence-electron chi connectivity index (χ3n) is 4.32. The Labute approximate surface area is 204 Å². The van der Waals surface area contributed by atoms with Crippen molar-refractivity contribution < 1.29 is 22.7 Å². The summed E-state index contributed by atoms with van der Waals surface area (Å²) in [6.45, 7) is 2.04. The zero-order valence-corrected chi connectivity index (χ0v) is 20.5. The Bertz CT molecular complexity index is 967. The van der Waals surface area contributed by atoms with Crippen molar-refractivity contribution in [3.05, 3.63) is 54.7 Å². The van der Waals surface area contributed by atoms with Crippen LogP contribution in [0.15, 0.2) is 36.4 Å². The van der Waals surface area contributed by atoms with Crippen molar-refractivity contribution in [3.63, 3.8) is 0 Å². The molecule has 3 rings (SSSR count). The van der Waals surface area contributed by atoms with Gasteiger partial charge in [0.1, 0.15) is 0 Å². The number of rotatable bonds is 3. The van der Waals surface area contributed by atoms with Gasteiger partial charge in [0.25, 0.3) is 5.91 Å². The number of ether oxygens (including phenoxy) is 1. The zero-order chi connectivity index (χ0) is 21.9. The normalized spacial score (nSPS) is 14.4. The summed E-state index contributed by atoms with van der Waals surface area (Å²) < 4.78 is 46.6. The SMILES string of the molecule is O=C(NC(=S)Nc1cc(C(F)(F)F)ccc1N1CCOCC1)c1cc(I)ccc1I. The molecule has 2 aromatic carbocycles. The number of thiocarbonyl (C=S) groups is 1. The third kappa shape index (κ3) is 5.95. The van der Waals surface area contributed by atoms with Crippen molar-refractivity contribution in [1.29, 1.82) is 0 Å². The number of benzene rings is 2. The summed E-state index contributed by atoms with van der Waals surface area (Å²) in [6.07, 6.45) is -4.50. The summed E-state index contributed by atoms with van der Waals surface area (Å²) in [5.74, 6) is -0.435. The highest BCUT2D eigenvalue weighted by atomic mass is 127. The number of nitrogens with one attached hydrogen (secondary N) is 2. The second kappa shape index (κ2) is 9.96. The fourth-order valence-electron chi connectivity index (χ4n) is 2.89. The minimum Gasteiger partial charge on any atom is -0.378 e. The molecular weight excluding hydrogens is 645 g/mol. The largest absolute Gasteiger partial charge is 0.416 e. The zero-order valence-electron chi connectivity index (χ0n) is 15.4. The van der Waals surface area contributed by atoms with E-state index in [4.69, 9.17) is 17.0 Å². The highest BCUT2D eigenvalue weighted by molar-refractivity contribution is 14.1. The summed E-state index contributed by atoms with van der Waals surface area (Å²) in [6, 6.07) is 8.82. The number of hydrogen-bond donors (Lipinski definition) is 2. The summed E-state index contributed by atoms with van der Waals surface area (Å²) >= 11 is 9.35. The molecule has 2 N–H and O–H groups in total. The van der Waals surface area contributed by atoms with Crippen LogP contribution in [0, 0.1) is 7.14 Å². The fraction of sp³-hybridized carbons (Fsp3) is 0.263. The third-order valence-corrected chi connectivity index (χ3v) is 6.14.